The summed E-state index contributed by atoms with van der Waals surface area (Å²) < 4.78 is 52.8. The summed E-state index contributed by atoms with van der Waals surface area (Å²) in [4.78, 5) is 16.1. The minimum absolute atomic E-state index is 0.379. The zero-order chi connectivity index (χ0) is 21.1. The van der Waals surface area contributed by atoms with Gasteiger partial charge in [-0.1, -0.05) is 41.4 Å². The summed E-state index contributed by atoms with van der Waals surface area (Å²) in [6.07, 6.45) is -6.23. The van der Waals surface area contributed by atoms with E-state index in [4.69, 9.17) is 23.2 Å². The number of piperazine rings is 1. The Kier molecular flexibility index (Phi) is 7.02. The molecule has 0 atom stereocenters. The molecule has 1 amide bonds. The van der Waals surface area contributed by atoms with E-state index in [-0.39, 0.29) is 0 Å². The van der Waals surface area contributed by atoms with Gasteiger partial charge in [-0.15, -0.1) is 0 Å². The van der Waals surface area contributed by atoms with Crippen molar-refractivity contribution in [2.24, 2.45) is 0 Å². The number of amides is 1. The number of rotatable bonds is 6. The van der Waals surface area contributed by atoms with Crippen LogP contribution in [0.2, 0.25) is 10.0 Å². The minimum Gasteiger partial charge on any atom is -0.339 e. The number of carbonyl (C=O) groups excluding carboxylic acids is 1. The predicted molar refractivity (Wildman–Crippen MR) is 100 cm³/mol. The smallest absolute Gasteiger partial charge is 0.283 e. The molecule has 1 aliphatic heterocycles. The first-order valence-corrected chi connectivity index (χ1v) is 9.59. The van der Waals surface area contributed by atoms with Gasteiger partial charge in [0.05, 0.1) is 5.02 Å². The second kappa shape index (κ2) is 9.32. The zero-order valence-electron chi connectivity index (χ0n) is 15.2. The van der Waals surface area contributed by atoms with Crippen molar-refractivity contribution in [1.29, 1.82) is 0 Å². The molecule has 0 spiro atoms. The molecule has 5 nitrogen and oxygen atoms in total. The molecule has 0 saturated carbocycles. The summed E-state index contributed by atoms with van der Waals surface area (Å²) in [5, 5.41) is 3.29. The van der Waals surface area contributed by atoms with Gasteiger partial charge in [-0.25, -0.2) is 17.6 Å². The number of nitrogens with zero attached hydrogens (tertiary/aromatic N) is 4. The lowest BCUT2D eigenvalue weighted by molar-refractivity contribution is -0.134. The Labute approximate surface area is 174 Å². The van der Waals surface area contributed by atoms with Crippen LogP contribution in [0, 0.1) is 0 Å². The Bertz CT molecular complexity index is 870. The van der Waals surface area contributed by atoms with Crippen molar-refractivity contribution in [1.82, 2.24) is 19.6 Å². The normalized spacial score (nSPS) is 15.5. The molecule has 158 valence electrons. The fourth-order valence-corrected chi connectivity index (χ4v) is 3.69. The van der Waals surface area contributed by atoms with Crippen LogP contribution in [0.25, 0.3) is 0 Å². The summed E-state index contributed by atoms with van der Waals surface area (Å²) in [5.41, 5.74) is -0.840. The van der Waals surface area contributed by atoms with Gasteiger partial charge in [-0.3, -0.25) is 14.4 Å². The Hall–Kier alpha value is -1.84. The van der Waals surface area contributed by atoms with Crippen molar-refractivity contribution in [3.8, 4) is 0 Å². The van der Waals surface area contributed by atoms with Crippen molar-refractivity contribution in [3.63, 3.8) is 0 Å². The summed E-state index contributed by atoms with van der Waals surface area (Å²) in [5.74, 6) is -0.482. The summed E-state index contributed by atoms with van der Waals surface area (Å²) in [6.45, 7) is 1.95. The van der Waals surface area contributed by atoms with Crippen molar-refractivity contribution >= 4 is 29.1 Å². The molecule has 1 aromatic carbocycles. The van der Waals surface area contributed by atoms with Gasteiger partial charge in [0.1, 0.15) is 17.9 Å². The molecule has 1 fully saturated rings. The van der Waals surface area contributed by atoms with Gasteiger partial charge in [-0.05, 0) is 11.6 Å². The average Bonchev–Trinajstić information content (AvgIpc) is 3.00. The van der Waals surface area contributed by atoms with Gasteiger partial charge in [0.15, 0.2) is 0 Å². The first-order chi connectivity index (χ1) is 13.8. The Morgan fingerprint density at radius 3 is 2.28 bits per heavy atom. The van der Waals surface area contributed by atoms with E-state index in [2.05, 4.69) is 10.00 Å². The molecule has 1 aromatic heterocycles. The molecular weight excluding hydrogens is 435 g/mol. The molecule has 0 bridgehead atoms. The van der Waals surface area contributed by atoms with Crippen molar-refractivity contribution in [3.05, 3.63) is 51.3 Å². The van der Waals surface area contributed by atoms with Crippen LogP contribution in [0.5, 0.6) is 0 Å². The third-order valence-corrected chi connectivity index (χ3v) is 5.49. The van der Waals surface area contributed by atoms with Gasteiger partial charge in [0, 0.05) is 37.7 Å². The van der Waals surface area contributed by atoms with E-state index in [1.807, 2.05) is 18.2 Å². The number of aromatic nitrogens is 2. The highest BCUT2D eigenvalue weighted by Crippen LogP contribution is 2.34. The van der Waals surface area contributed by atoms with Crippen molar-refractivity contribution in [2.45, 2.75) is 25.9 Å². The van der Waals surface area contributed by atoms with E-state index in [1.54, 1.807) is 6.07 Å². The highest BCUT2D eigenvalue weighted by Gasteiger charge is 2.30. The number of benzene rings is 1. The Morgan fingerprint density at radius 1 is 1.03 bits per heavy atom. The summed E-state index contributed by atoms with van der Waals surface area (Å²) >= 11 is 11.8. The fraction of sp³-hybridized carbons (Fsp3) is 0.444. The molecule has 1 saturated heterocycles. The van der Waals surface area contributed by atoms with Crippen LogP contribution in [0.3, 0.4) is 0 Å². The summed E-state index contributed by atoms with van der Waals surface area (Å²) in [7, 11) is 0. The van der Waals surface area contributed by atoms with Crippen LogP contribution in [-0.4, -0.2) is 51.7 Å². The molecule has 29 heavy (non-hydrogen) atoms. The fourth-order valence-electron chi connectivity index (χ4n) is 3.19. The zero-order valence-corrected chi connectivity index (χ0v) is 16.7. The molecule has 0 N–H and O–H groups in total. The summed E-state index contributed by atoms with van der Waals surface area (Å²) in [6, 6.07) is 7.47. The molecular formula is C18H18Cl2F4N4O. The van der Waals surface area contributed by atoms with Crippen molar-refractivity contribution in [2.75, 3.05) is 26.2 Å². The van der Waals surface area contributed by atoms with Gasteiger partial charge in [-0.2, -0.15) is 5.10 Å². The molecule has 0 unspecified atom stereocenters. The maximum Gasteiger partial charge on any atom is 0.283 e. The van der Waals surface area contributed by atoms with Crippen LogP contribution in [0.1, 0.15) is 29.8 Å². The SMILES string of the molecule is O=C(Cn1nc(C(F)F)c(Cl)c1C(F)F)N1CCN(Cc2ccccc2Cl)CC1. The molecule has 2 aromatic rings. The monoisotopic (exact) mass is 452 g/mol. The van der Waals surface area contributed by atoms with Crippen LogP contribution in [0.15, 0.2) is 24.3 Å². The van der Waals surface area contributed by atoms with E-state index >= 15 is 0 Å². The van der Waals surface area contributed by atoms with E-state index in [1.165, 1.54) is 4.90 Å². The van der Waals surface area contributed by atoms with E-state index in [9.17, 15) is 22.4 Å². The second-order valence-corrected chi connectivity index (χ2v) is 7.38. The number of hydrogen-bond acceptors (Lipinski definition) is 3. The van der Waals surface area contributed by atoms with Crippen LogP contribution in [0.4, 0.5) is 17.6 Å². The maximum atomic E-state index is 13.2. The molecule has 3 rings (SSSR count). The molecule has 0 aliphatic carbocycles. The van der Waals surface area contributed by atoms with Crippen LogP contribution in [-0.2, 0) is 17.9 Å². The maximum absolute atomic E-state index is 13.2. The lowest BCUT2D eigenvalue weighted by atomic mass is 10.2. The number of alkyl halides is 4. The largest absolute Gasteiger partial charge is 0.339 e. The first-order valence-electron chi connectivity index (χ1n) is 8.83. The highest BCUT2D eigenvalue weighted by atomic mass is 35.5. The first kappa shape index (κ1) is 21.9. The highest BCUT2D eigenvalue weighted by molar-refractivity contribution is 6.32. The lowest BCUT2D eigenvalue weighted by Gasteiger charge is -2.35. The van der Waals surface area contributed by atoms with Crippen LogP contribution >= 0.6 is 23.2 Å². The van der Waals surface area contributed by atoms with Crippen LogP contribution < -0.4 is 0 Å². The molecule has 11 heteroatoms. The minimum atomic E-state index is -3.12. The lowest BCUT2D eigenvalue weighted by Crippen LogP contribution is -2.49. The van der Waals surface area contributed by atoms with Gasteiger partial charge < -0.3 is 4.90 Å². The topological polar surface area (TPSA) is 41.4 Å². The van der Waals surface area contributed by atoms with Gasteiger partial charge in [0.25, 0.3) is 12.9 Å². The standard InChI is InChI=1S/C18H18Cl2F4N4O/c19-12-4-2-1-3-11(12)9-26-5-7-27(8-6-26)13(29)10-28-16(18(23)24)14(20)15(25-28)17(21)22/h1-4,17-18H,5-10H2. The third kappa shape index (κ3) is 5.02. The third-order valence-electron chi connectivity index (χ3n) is 4.73. The number of hydrogen-bond donors (Lipinski definition) is 0. The van der Waals surface area contributed by atoms with E-state index in [0.717, 1.165) is 5.56 Å². The van der Waals surface area contributed by atoms with Gasteiger partial charge >= 0.3 is 0 Å². The molecule has 1 aliphatic rings. The van der Waals surface area contributed by atoms with E-state index in [0.29, 0.717) is 42.4 Å². The quantitative estimate of drug-likeness (QED) is 0.609. The molecule has 0 radical (unpaired) electrons. The van der Waals surface area contributed by atoms with Gasteiger partial charge in [0.2, 0.25) is 5.91 Å². The number of carbonyl (C=O) groups is 1. The predicted octanol–water partition coefficient (Wildman–Crippen LogP) is 4.41. The number of halogens is 6. The molecule has 2 heterocycles. The average molecular weight is 453 g/mol. The second-order valence-electron chi connectivity index (χ2n) is 6.59. The van der Waals surface area contributed by atoms with Crippen molar-refractivity contribution < 1.29 is 22.4 Å². The Morgan fingerprint density at radius 2 is 1.69 bits per heavy atom. The Balaban J connectivity index is 1.62. The van der Waals surface area contributed by atoms with E-state index < -0.39 is 41.7 Å².